The van der Waals surface area contributed by atoms with E-state index in [2.05, 4.69) is 20.5 Å². The lowest BCUT2D eigenvalue weighted by Crippen LogP contribution is -2.12. The van der Waals surface area contributed by atoms with Crippen molar-refractivity contribution in [2.45, 2.75) is 13.8 Å². The maximum Gasteiger partial charge on any atom is 0.256 e. The minimum absolute atomic E-state index is 0.176. The summed E-state index contributed by atoms with van der Waals surface area (Å²) in [6, 6.07) is 9.22. The Morgan fingerprint density at radius 1 is 1.25 bits per heavy atom. The molecule has 1 amide bonds. The molecule has 5 heteroatoms. The molecular weight excluding hydrogens is 252 g/mol. The van der Waals surface area contributed by atoms with Crippen LogP contribution in [0.2, 0.25) is 0 Å². The lowest BCUT2D eigenvalue weighted by Gasteiger charge is -2.04. The number of anilines is 1. The maximum absolute atomic E-state index is 12.2. The number of carbonyl (C=O) groups excluding carboxylic acids is 1. The Balaban J connectivity index is 1.90. The van der Waals surface area contributed by atoms with Gasteiger partial charge < -0.3 is 5.32 Å². The highest BCUT2D eigenvalue weighted by atomic mass is 16.1. The number of rotatable bonds is 2. The number of hydrogen-bond acceptors (Lipinski definition) is 3. The molecule has 100 valence electrons. The van der Waals surface area contributed by atoms with Crippen molar-refractivity contribution in [3.8, 4) is 0 Å². The third kappa shape index (κ3) is 2.14. The molecule has 1 aromatic carbocycles. The largest absolute Gasteiger partial charge is 0.305 e. The number of hydrogen-bond donors (Lipinski definition) is 2. The molecule has 2 N–H and O–H groups in total. The molecule has 3 aromatic rings. The zero-order valence-electron chi connectivity index (χ0n) is 11.3. The molecule has 0 aliphatic heterocycles. The van der Waals surface area contributed by atoms with E-state index < -0.39 is 0 Å². The van der Waals surface area contributed by atoms with E-state index in [9.17, 15) is 4.79 Å². The molecule has 0 fully saturated rings. The van der Waals surface area contributed by atoms with Gasteiger partial charge in [-0.1, -0.05) is 6.07 Å². The first kappa shape index (κ1) is 12.3. The van der Waals surface area contributed by atoms with Gasteiger partial charge in [0.1, 0.15) is 0 Å². The number of aromatic amines is 1. The van der Waals surface area contributed by atoms with Gasteiger partial charge in [-0.15, -0.1) is 0 Å². The Labute approximate surface area is 116 Å². The molecule has 0 bridgehead atoms. The fourth-order valence-electron chi connectivity index (χ4n) is 2.00. The van der Waals surface area contributed by atoms with Crippen molar-refractivity contribution in [3.63, 3.8) is 0 Å². The third-order valence-electron chi connectivity index (χ3n) is 3.35. The van der Waals surface area contributed by atoms with Gasteiger partial charge in [0.25, 0.3) is 5.91 Å². The van der Waals surface area contributed by atoms with Crippen LogP contribution in [0.25, 0.3) is 10.9 Å². The number of aryl methyl sites for hydroxylation is 1. The summed E-state index contributed by atoms with van der Waals surface area (Å²) in [6.45, 7) is 3.83. The van der Waals surface area contributed by atoms with Gasteiger partial charge in [-0.05, 0) is 38.1 Å². The van der Waals surface area contributed by atoms with Crippen LogP contribution in [0, 0.1) is 13.8 Å². The molecule has 0 aliphatic carbocycles. The standard InChI is InChI=1S/C15H14N4O/c1-9-10(2)18-19-14(9)17-15(20)12-5-6-13-11(8-12)4-3-7-16-13/h3-8H,1-2H3,(H2,17,18,19,20). The van der Waals surface area contributed by atoms with Crippen LogP contribution in [0.1, 0.15) is 21.6 Å². The first-order chi connectivity index (χ1) is 9.65. The van der Waals surface area contributed by atoms with Crippen LogP contribution < -0.4 is 5.32 Å². The molecule has 0 atom stereocenters. The van der Waals surface area contributed by atoms with E-state index in [-0.39, 0.29) is 5.91 Å². The van der Waals surface area contributed by atoms with Gasteiger partial charge in [0.2, 0.25) is 0 Å². The number of aromatic nitrogens is 3. The summed E-state index contributed by atoms with van der Waals surface area (Å²) in [5.74, 6) is 0.393. The Morgan fingerprint density at radius 3 is 2.85 bits per heavy atom. The van der Waals surface area contributed by atoms with E-state index in [1.165, 1.54) is 0 Å². The van der Waals surface area contributed by atoms with Crippen molar-refractivity contribution in [1.82, 2.24) is 15.2 Å². The van der Waals surface area contributed by atoms with Gasteiger partial charge in [-0.25, -0.2) is 0 Å². The number of amides is 1. The Morgan fingerprint density at radius 2 is 2.10 bits per heavy atom. The molecule has 0 saturated carbocycles. The van der Waals surface area contributed by atoms with Crippen LogP contribution in [-0.2, 0) is 0 Å². The predicted molar refractivity (Wildman–Crippen MR) is 77.8 cm³/mol. The Bertz CT molecular complexity index is 791. The summed E-state index contributed by atoms with van der Waals surface area (Å²) in [6.07, 6.45) is 1.73. The second kappa shape index (κ2) is 4.77. The van der Waals surface area contributed by atoms with Crippen LogP contribution in [0.5, 0.6) is 0 Å². The van der Waals surface area contributed by atoms with E-state index in [1.54, 1.807) is 12.3 Å². The molecule has 2 heterocycles. The average molecular weight is 266 g/mol. The molecule has 5 nitrogen and oxygen atoms in total. The van der Waals surface area contributed by atoms with Crippen molar-refractivity contribution >= 4 is 22.6 Å². The van der Waals surface area contributed by atoms with Gasteiger partial charge in [0.15, 0.2) is 5.82 Å². The molecule has 0 spiro atoms. The zero-order chi connectivity index (χ0) is 14.1. The molecule has 0 aliphatic rings. The van der Waals surface area contributed by atoms with Gasteiger partial charge in [0, 0.05) is 28.4 Å². The third-order valence-corrected chi connectivity index (χ3v) is 3.35. The monoisotopic (exact) mass is 266 g/mol. The molecule has 3 rings (SSSR count). The number of fused-ring (bicyclic) bond motifs is 1. The van der Waals surface area contributed by atoms with E-state index in [0.29, 0.717) is 11.4 Å². The first-order valence-electron chi connectivity index (χ1n) is 6.33. The van der Waals surface area contributed by atoms with Crippen molar-refractivity contribution in [3.05, 3.63) is 53.3 Å². The van der Waals surface area contributed by atoms with Crippen LogP contribution in [0.3, 0.4) is 0 Å². The van der Waals surface area contributed by atoms with Crippen molar-refractivity contribution in [2.75, 3.05) is 5.32 Å². The fourth-order valence-corrected chi connectivity index (χ4v) is 2.00. The Kier molecular flexibility index (Phi) is 2.95. The molecule has 2 aromatic heterocycles. The summed E-state index contributed by atoms with van der Waals surface area (Å²) in [5, 5.41) is 10.7. The van der Waals surface area contributed by atoms with Gasteiger partial charge in [0.05, 0.1) is 5.52 Å². The van der Waals surface area contributed by atoms with E-state index in [1.807, 2.05) is 38.1 Å². The van der Waals surface area contributed by atoms with Crippen molar-refractivity contribution in [2.24, 2.45) is 0 Å². The number of carbonyl (C=O) groups is 1. The maximum atomic E-state index is 12.2. The van der Waals surface area contributed by atoms with Crippen LogP contribution in [-0.4, -0.2) is 21.1 Å². The summed E-state index contributed by atoms with van der Waals surface area (Å²) in [4.78, 5) is 16.5. The summed E-state index contributed by atoms with van der Waals surface area (Å²) < 4.78 is 0. The van der Waals surface area contributed by atoms with Crippen LogP contribution in [0.15, 0.2) is 36.5 Å². The smallest absolute Gasteiger partial charge is 0.256 e. The highest BCUT2D eigenvalue weighted by molar-refractivity contribution is 6.06. The molecular formula is C15H14N4O. The second-order valence-corrected chi connectivity index (χ2v) is 4.69. The van der Waals surface area contributed by atoms with Crippen LogP contribution >= 0.6 is 0 Å². The summed E-state index contributed by atoms with van der Waals surface area (Å²) in [5.41, 5.74) is 3.35. The minimum Gasteiger partial charge on any atom is -0.305 e. The van der Waals surface area contributed by atoms with Crippen molar-refractivity contribution in [1.29, 1.82) is 0 Å². The first-order valence-corrected chi connectivity index (χ1v) is 6.33. The number of pyridine rings is 1. The quantitative estimate of drug-likeness (QED) is 0.749. The lowest BCUT2D eigenvalue weighted by molar-refractivity contribution is 0.102. The highest BCUT2D eigenvalue weighted by Crippen LogP contribution is 2.17. The second-order valence-electron chi connectivity index (χ2n) is 4.69. The topological polar surface area (TPSA) is 70.7 Å². The number of nitrogens with zero attached hydrogens (tertiary/aromatic N) is 2. The van der Waals surface area contributed by atoms with E-state index in [0.717, 1.165) is 22.2 Å². The van der Waals surface area contributed by atoms with Gasteiger partial charge in [-0.2, -0.15) is 5.10 Å². The van der Waals surface area contributed by atoms with Gasteiger partial charge in [-0.3, -0.25) is 14.9 Å². The number of benzene rings is 1. The predicted octanol–water partition coefficient (Wildman–Crippen LogP) is 2.83. The molecule has 0 unspecified atom stereocenters. The van der Waals surface area contributed by atoms with Gasteiger partial charge >= 0.3 is 0 Å². The summed E-state index contributed by atoms with van der Waals surface area (Å²) >= 11 is 0. The van der Waals surface area contributed by atoms with E-state index in [4.69, 9.17) is 0 Å². The van der Waals surface area contributed by atoms with Crippen molar-refractivity contribution < 1.29 is 4.79 Å². The number of nitrogens with one attached hydrogen (secondary N) is 2. The lowest BCUT2D eigenvalue weighted by atomic mass is 10.1. The molecule has 20 heavy (non-hydrogen) atoms. The minimum atomic E-state index is -0.176. The Hall–Kier alpha value is -2.69. The fraction of sp³-hybridized carbons (Fsp3) is 0.133. The zero-order valence-corrected chi connectivity index (χ0v) is 11.3. The van der Waals surface area contributed by atoms with E-state index >= 15 is 0 Å². The average Bonchev–Trinajstić information content (AvgIpc) is 2.78. The molecule has 0 radical (unpaired) electrons. The van der Waals surface area contributed by atoms with Crippen LogP contribution in [0.4, 0.5) is 5.82 Å². The summed E-state index contributed by atoms with van der Waals surface area (Å²) in [7, 11) is 0. The molecule has 0 saturated heterocycles. The number of H-pyrrole nitrogens is 1. The highest BCUT2D eigenvalue weighted by Gasteiger charge is 2.11. The SMILES string of the molecule is Cc1[nH]nc(NC(=O)c2ccc3ncccc3c2)c1C. The normalized spacial score (nSPS) is 10.7.